The molecule has 45 heavy (non-hydrogen) atoms. The Morgan fingerprint density at radius 2 is 1.29 bits per heavy atom. The Morgan fingerprint density at radius 1 is 0.800 bits per heavy atom. The van der Waals surface area contributed by atoms with E-state index in [1.165, 1.54) is 70.6 Å². The van der Waals surface area contributed by atoms with Crippen LogP contribution < -0.4 is 0 Å². The first-order chi connectivity index (χ1) is 20.7. The van der Waals surface area contributed by atoms with Gasteiger partial charge in [0, 0.05) is 6.42 Å². The molecule has 3 nitrogen and oxygen atoms in total. The van der Waals surface area contributed by atoms with Crippen molar-refractivity contribution < 1.29 is 14.6 Å². The second kappa shape index (κ2) is 15.7. The Labute approximate surface area is 280 Å². The van der Waals surface area contributed by atoms with E-state index in [1.54, 1.807) is 0 Å². The van der Waals surface area contributed by atoms with E-state index in [-0.39, 0.29) is 29.3 Å². The lowest BCUT2D eigenvalue weighted by Gasteiger charge is -2.38. The van der Waals surface area contributed by atoms with Gasteiger partial charge in [0.2, 0.25) is 0 Å². The van der Waals surface area contributed by atoms with Crippen LogP contribution in [-0.4, -0.2) is 29.7 Å². The summed E-state index contributed by atoms with van der Waals surface area (Å²) < 4.78 is 5.41. The van der Waals surface area contributed by atoms with Gasteiger partial charge >= 0.3 is 0 Å². The molecule has 0 amide bonds. The lowest BCUT2D eigenvalue weighted by atomic mass is 9.67. The molecule has 0 radical (unpaired) electrons. The maximum absolute atomic E-state index is 12.2. The topological polar surface area (TPSA) is 46.5 Å². The minimum absolute atomic E-state index is 0.0315. The summed E-state index contributed by atoms with van der Waals surface area (Å²) in [6, 6.07) is 0. The largest absolute Gasteiger partial charge is 0.393 e. The minimum atomic E-state index is -0.458. The van der Waals surface area contributed by atoms with E-state index in [9.17, 15) is 9.90 Å². The molecule has 1 heterocycles. The van der Waals surface area contributed by atoms with E-state index in [2.05, 4.69) is 76.2 Å². The Balaban J connectivity index is 1.43. The first kappa shape index (κ1) is 38.8. The predicted octanol–water partition coefficient (Wildman–Crippen LogP) is 11.6. The highest BCUT2D eigenvalue weighted by atomic mass is 16.5. The number of hydrogen-bond donors (Lipinski definition) is 1. The van der Waals surface area contributed by atoms with Crippen LogP contribution in [0.2, 0.25) is 0 Å². The predicted molar refractivity (Wildman–Crippen MR) is 192 cm³/mol. The third-order valence-corrected chi connectivity index (χ3v) is 12.8. The first-order valence-electron chi connectivity index (χ1n) is 19.2. The van der Waals surface area contributed by atoms with E-state index in [4.69, 9.17) is 4.74 Å². The average Bonchev–Trinajstić information content (AvgIpc) is 3.58. The van der Waals surface area contributed by atoms with Crippen LogP contribution in [0.1, 0.15) is 173 Å². The molecule has 3 rings (SSSR count). The van der Waals surface area contributed by atoms with Crippen molar-refractivity contribution in [3.05, 3.63) is 11.6 Å². The van der Waals surface area contributed by atoms with Crippen molar-refractivity contribution in [2.24, 2.45) is 57.2 Å². The zero-order valence-electron chi connectivity index (χ0n) is 32.1. The van der Waals surface area contributed by atoms with Gasteiger partial charge in [-0.25, -0.2) is 0 Å². The van der Waals surface area contributed by atoms with Crippen molar-refractivity contribution in [3.63, 3.8) is 0 Å². The Kier molecular flexibility index (Phi) is 13.5. The number of hydrogen-bond acceptors (Lipinski definition) is 3. The van der Waals surface area contributed by atoms with Crippen molar-refractivity contribution >= 4 is 5.78 Å². The molecule has 8 atom stereocenters. The molecular weight excluding hydrogens is 552 g/mol. The molecule has 0 aromatic carbocycles. The van der Waals surface area contributed by atoms with Crippen molar-refractivity contribution in [1.29, 1.82) is 0 Å². The molecule has 2 aliphatic carbocycles. The van der Waals surface area contributed by atoms with Crippen LogP contribution in [-0.2, 0) is 9.53 Å². The van der Waals surface area contributed by atoms with Crippen LogP contribution in [0.25, 0.3) is 0 Å². The maximum atomic E-state index is 12.2. The summed E-state index contributed by atoms with van der Waals surface area (Å²) in [5.74, 6) is 5.42. The second-order valence-electron chi connectivity index (χ2n) is 19.9. The summed E-state index contributed by atoms with van der Waals surface area (Å²) in [5, 5.41) is 10.8. The molecule has 3 heteroatoms. The lowest BCUT2D eigenvalue weighted by Crippen LogP contribution is -2.28. The van der Waals surface area contributed by atoms with E-state index in [1.807, 2.05) is 13.0 Å². The Bertz CT molecular complexity index is 970. The van der Waals surface area contributed by atoms with Gasteiger partial charge in [0.25, 0.3) is 0 Å². The molecule has 1 aliphatic heterocycles. The molecular formula is C42H76O3. The number of Topliss-reactive ketones (excluding diaryl/α,β-unsaturated/α-hetero) is 1. The van der Waals surface area contributed by atoms with Crippen molar-refractivity contribution in [3.8, 4) is 0 Å². The highest BCUT2D eigenvalue weighted by Crippen LogP contribution is 2.52. The number of aliphatic hydroxyl groups excluding tert-OH is 1. The molecule has 0 aromatic heterocycles. The summed E-state index contributed by atoms with van der Waals surface area (Å²) >= 11 is 0. The minimum Gasteiger partial charge on any atom is -0.393 e. The van der Waals surface area contributed by atoms with Crippen LogP contribution in [0, 0.1) is 57.2 Å². The van der Waals surface area contributed by atoms with E-state index >= 15 is 0 Å². The fraction of sp³-hybridized carbons (Fsp3) is 0.929. The van der Waals surface area contributed by atoms with Gasteiger partial charge in [-0.2, -0.15) is 0 Å². The highest BCUT2D eigenvalue weighted by Gasteiger charge is 2.41. The zero-order valence-corrected chi connectivity index (χ0v) is 32.1. The summed E-state index contributed by atoms with van der Waals surface area (Å²) in [6.45, 7) is 29.3. The smallest absolute Gasteiger partial charge is 0.184 e. The zero-order chi connectivity index (χ0) is 33.8. The van der Waals surface area contributed by atoms with Crippen molar-refractivity contribution in [2.45, 2.75) is 185 Å². The highest BCUT2D eigenvalue weighted by molar-refractivity contribution is 5.97. The summed E-state index contributed by atoms with van der Waals surface area (Å²) in [5.41, 5.74) is 2.09. The molecule has 0 spiro atoms. The third kappa shape index (κ3) is 12.4. The quantitative estimate of drug-likeness (QED) is 0.174. The number of ether oxygens (including phenoxy) is 1. The monoisotopic (exact) mass is 629 g/mol. The van der Waals surface area contributed by atoms with Gasteiger partial charge in [-0.1, -0.05) is 82.6 Å². The van der Waals surface area contributed by atoms with Gasteiger partial charge in [-0.3, -0.25) is 4.79 Å². The van der Waals surface area contributed by atoms with E-state index in [0.29, 0.717) is 17.3 Å². The first-order valence-corrected chi connectivity index (χ1v) is 19.2. The summed E-state index contributed by atoms with van der Waals surface area (Å²) in [4.78, 5) is 12.2. The number of ketones is 1. The van der Waals surface area contributed by atoms with Crippen LogP contribution in [0.3, 0.4) is 0 Å². The average molecular weight is 629 g/mol. The molecule has 2 fully saturated rings. The fourth-order valence-electron chi connectivity index (χ4n) is 10.8. The fourth-order valence-corrected chi connectivity index (χ4v) is 10.8. The van der Waals surface area contributed by atoms with Crippen LogP contribution in [0.4, 0.5) is 0 Å². The molecule has 262 valence electrons. The number of carbonyl (C=O) groups excluding carboxylic acids is 1. The molecule has 3 aliphatic rings. The number of rotatable bonds is 17. The van der Waals surface area contributed by atoms with Gasteiger partial charge in [0.15, 0.2) is 5.78 Å². The molecule has 1 N–H and O–H groups in total. The van der Waals surface area contributed by atoms with Gasteiger partial charge in [-0.15, -0.1) is 0 Å². The normalized spacial score (nSPS) is 29.1. The van der Waals surface area contributed by atoms with Gasteiger partial charge < -0.3 is 9.84 Å². The van der Waals surface area contributed by atoms with Crippen LogP contribution in [0.5, 0.6) is 0 Å². The van der Waals surface area contributed by atoms with Crippen LogP contribution >= 0.6 is 0 Å². The number of aliphatic hydroxyl groups is 1. The standard InChI is InChI=1S/C42H76O3/c1-13-39(5,6)27-41(9,10)24-29(2)32-14-16-34(21-32)35-17-15-33(22-35)30(3)25-42(11,12)28-40(7,8)19-18-37(43)23-36-20-31(4)45-26-38(36)44/h20,29-35,37,43H,13-19,21-28H2,1-12H3/t29-,30?,31+,32?,33+,34?,35+,37?/m1/s1. The third-order valence-electron chi connectivity index (χ3n) is 12.8. The molecule has 0 saturated heterocycles. The maximum Gasteiger partial charge on any atom is 0.184 e. The molecule has 2 saturated carbocycles. The van der Waals surface area contributed by atoms with Gasteiger partial charge in [0.05, 0.1) is 12.2 Å². The van der Waals surface area contributed by atoms with Gasteiger partial charge in [0.1, 0.15) is 6.61 Å². The lowest BCUT2D eigenvalue weighted by molar-refractivity contribution is -0.122. The van der Waals surface area contributed by atoms with E-state index in [0.717, 1.165) is 53.9 Å². The summed E-state index contributed by atoms with van der Waals surface area (Å²) in [7, 11) is 0. The number of carbonyl (C=O) groups is 1. The SMILES string of the molecule is CCC(C)(C)CC(C)(C)C[C@@H](C)C1CCC([C@H]2CC[C@H](C(C)CC(C)(C)CC(C)(C)CCC(O)CC3=C[C@H](C)OCC3=O)C2)C1. The van der Waals surface area contributed by atoms with Gasteiger partial charge in [-0.05, 0) is 153 Å². The Morgan fingerprint density at radius 3 is 1.78 bits per heavy atom. The molecule has 4 unspecified atom stereocenters. The van der Waals surface area contributed by atoms with E-state index < -0.39 is 6.10 Å². The van der Waals surface area contributed by atoms with Crippen molar-refractivity contribution in [2.75, 3.05) is 6.61 Å². The molecule has 0 aromatic rings. The molecule has 0 bridgehead atoms. The van der Waals surface area contributed by atoms with Crippen molar-refractivity contribution in [1.82, 2.24) is 0 Å². The second-order valence-corrected chi connectivity index (χ2v) is 19.9. The van der Waals surface area contributed by atoms with Crippen LogP contribution in [0.15, 0.2) is 11.6 Å². The Hall–Kier alpha value is -0.670. The summed E-state index contributed by atoms with van der Waals surface area (Å²) in [6.07, 6.45) is 18.9.